The van der Waals surface area contributed by atoms with Gasteiger partial charge in [0.25, 0.3) is 0 Å². The largest absolute Gasteiger partial charge is 0.384 e. The molecule has 0 bridgehead atoms. The molecule has 1 rings (SSSR count). The molecule has 1 aromatic carbocycles. The summed E-state index contributed by atoms with van der Waals surface area (Å²) in [5.74, 6) is 3.99. The third-order valence-corrected chi connectivity index (χ3v) is 2.20. The Kier molecular flexibility index (Phi) is 5.16. The lowest BCUT2D eigenvalue weighted by Crippen LogP contribution is -1.93. The van der Waals surface area contributed by atoms with E-state index in [-0.39, 0.29) is 22.4 Å². The van der Waals surface area contributed by atoms with Crippen LogP contribution in [-0.2, 0) is 4.79 Å². The van der Waals surface area contributed by atoms with E-state index in [4.69, 9.17) is 10.4 Å². The number of aliphatic hydroxyl groups excluding tert-OH is 1. The fraction of sp³-hybridized carbons (Fsp3) is 0.0714. The highest BCUT2D eigenvalue weighted by Gasteiger charge is 2.09. The van der Waals surface area contributed by atoms with Gasteiger partial charge in [-0.05, 0) is 18.9 Å². The first-order valence-electron chi connectivity index (χ1n) is 5.13. The molecule has 0 atom stereocenters. The van der Waals surface area contributed by atoms with E-state index in [0.29, 0.717) is 6.29 Å². The lowest BCUT2D eigenvalue weighted by molar-refractivity contribution is -0.104. The van der Waals surface area contributed by atoms with E-state index < -0.39 is 12.4 Å². The molecule has 94 valence electrons. The molecule has 0 saturated carbocycles. The third kappa shape index (κ3) is 3.35. The van der Waals surface area contributed by atoms with E-state index in [9.17, 15) is 9.18 Å². The fourth-order valence-electron chi connectivity index (χ4n) is 1.36. The molecule has 0 aliphatic heterocycles. The number of nitrogens with zero attached hydrogens (tertiary/aromatic N) is 2. The first kappa shape index (κ1) is 14.3. The van der Waals surface area contributed by atoms with Crippen molar-refractivity contribution in [3.05, 3.63) is 40.7 Å². The Morgan fingerprint density at radius 1 is 1.58 bits per heavy atom. The summed E-state index contributed by atoms with van der Waals surface area (Å²) in [5.41, 5.74) is 0.245. The molecule has 4 nitrogen and oxygen atoms in total. The fourth-order valence-corrected chi connectivity index (χ4v) is 1.36. The second-order valence-corrected chi connectivity index (χ2v) is 3.30. The highest BCUT2D eigenvalue weighted by Crippen LogP contribution is 2.21. The minimum absolute atomic E-state index is 0.0202. The number of hydrogen-bond donors (Lipinski definition) is 1. The van der Waals surface area contributed by atoms with Gasteiger partial charge in [0, 0.05) is 5.56 Å². The van der Waals surface area contributed by atoms with Crippen LogP contribution >= 0.6 is 0 Å². The highest BCUT2D eigenvalue weighted by molar-refractivity contribution is 5.93. The number of rotatable bonds is 3. The molecular formula is C14H9FN2O2. The molecule has 0 aliphatic rings. The van der Waals surface area contributed by atoms with E-state index in [1.165, 1.54) is 12.1 Å². The van der Waals surface area contributed by atoms with Crippen LogP contribution in [0.4, 0.5) is 4.39 Å². The predicted octanol–water partition coefficient (Wildman–Crippen LogP) is 1.30. The lowest BCUT2D eigenvalue weighted by atomic mass is 10.1. The topological polar surface area (TPSA) is 73.5 Å². The zero-order chi connectivity index (χ0) is 14.3. The molecule has 19 heavy (non-hydrogen) atoms. The number of nitriles is 1. The van der Waals surface area contributed by atoms with Crippen LogP contribution in [0.3, 0.4) is 0 Å². The SMILES string of the molecule is C=N/C(=C(/C#CCO)C=O)c1ccc(C#N)c(F)c1. The molecule has 0 aliphatic carbocycles. The summed E-state index contributed by atoms with van der Waals surface area (Å²) in [7, 11) is 0. The molecule has 0 saturated heterocycles. The summed E-state index contributed by atoms with van der Waals surface area (Å²) < 4.78 is 13.5. The van der Waals surface area contributed by atoms with Gasteiger partial charge in [-0.25, -0.2) is 4.39 Å². The van der Waals surface area contributed by atoms with Crippen LogP contribution in [0.5, 0.6) is 0 Å². The number of halogens is 1. The summed E-state index contributed by atoms with van der Waals surface area (Å²) >= 11 is 0. The van der Waals surface area contributed by atoms with Crippen molar-refractivity contribution in [2.24, 2.45) is 4.99 Å². The minimum Gasteiger partial charge on any atom is -0.384 e. The number of carbonyl (C=O) groups excluding carboxylic acids is 1. The van der Waals surface area contributed by atoms with Crippen LogP contribution in [0.1, 0.15) is 11.1 Å². The molecule has 0 amide bonds. The van der Waals surface area contributed by atoms with Gasteiger partial charge in [0.2, 0.25) is 0 Å². The number of hydrogen-bond acceptors (Lipinski definition) is 4. The number of carbonyl (C=O) groups is 1. The van der Waals surface area contributed by atoms with Crippen molar-refractivity contribution in [1.29, 1.82) is 5.26 Å². The minimum atomic E-state index is -0.721. The van der Waals surface area contributed by atoms with Gasteiger partial charge in [-0.3, -0.25) is 9.79 Å². The summed E-state index contributed by atoms with van der Waals surface area (Å²) in [6, 6.07) is 5.48. The monoisotopic (exact) mass is 256 g/mol. The number of aliphatic hydroxyl groups is 1. The number of aliphatic imine (C=N–C) groups is 1. The quantitative estimate of drug-likeness (QED) is 0.383. The molecule has 0 spiro atoms. The first-order chi connectivity index (χ1) is 9.17. The maximum Gasteiger partial charge on any atom is 0.160 e. The summed E-state index contributed by atoms with van der Waals surface area (Å²) in [6.07, 6.45) is 0.447. The molecule has 0 fully saturated rings. The Balaban J connectivity index is 3.42. The average molecular weight is 256 g/mol. The maximum absolute atomic E-state index is 13.5. The zero-order valence-corrected chi connectivity index (χ0v) is 9.85. The highest BCUT2D eigenvalue weighted by atomic mass is 19.1. The molecule has 5 heteroatoms. The van der Waals surface area contributed by atoms with Crippen LogP contribution in [0.25, 0.3) is 5.70 Å². The van der Waals surface area contributed by atoms with Crippen LogP contribution in [0.2, 0.25) is 0 Å². The Labute approximate surface area is 109 Å². The van der Waals surface area contributed by atoms with Crippen molar-refractivity contribution >= 4 is 18.7 Å². The van der Waals surface area contributed by atoms with Gasteiger partial charge in [-0.15, -0.1) is 0 Å². The van der Waals surface area contributed by atoms with Gasteiger partial charge in [0.1, 0.15) is 18.5 Å². The van der Waals surface area contributed by atoms with E-state index in [1.54, 1.807) is 6.07 Å². The van der Waals surface area contributed by atoms with Crippen LogP contribution in [-0.4, -0.2) is 24.7 Å². The Bertz CT molecular complexity index is 646. The lowest BCUT2D eigenvalue weighted by Gasteiger charge is -2.03. The Morgan fingerprint density at radius 2 is 2.32 bits per heavy atom. The molecular weight excluding hydrogens is 247 g/mol. The normalized spacial score (nSPS) is 10.6. The summed E-state index contributed by atoms with van der Waals surface area (Å²) in [5, 5.41) is 17.2. The van der Waals surface area contributed by atoms with E-state index in [1.807, 2.05) is 0 Å². The summed E-state index contributed by atoms with van der Waals surface area (Å²) in [6.45, 7) is 2.89. The van der Waals surface area contributed by atoms with Crippen LogP contribution in [0.15, 0.2) is 28.8 Å². The zero-order valence-electron chi connectivity index (χ0n) is 9.85. The Morgan fingerprint density at radius 3 is 2.79 bits per heavy atom. The molecule has 1 N–H and O–H groups in total. The molecule has 0 heterocycles. The second kappa shape index (κ2) is 6.85. The second-order valence-electron chi connectivity index (χ2n) is 3.30. The Hall–Kier alpha value is -2.76. The van der Waals surface area contributed by atoms with Crippen molar-refractivity contribution in [3.8, 4) is 17.9 Å². The number of allylic oxidation sites excluding steroid dienone is 1. The third-order valence-electron chi connectivity index (χ3n) is 2.20. The number of aldehydes is 1. The van der Waals surface area contributed by atoms with E-state index >= 15 is 0 Å². The van der Waals surface area contributed by atoms with Gasteiger partial charge in [-0.1, -0.05) is 17.9 Å². The van der Waals surface area contributed by atoms with Gasteiger partial charge < -0.3 is 5.11 Å². The molecule has 0 unspecified atom stereocenters. The van der Waals surface area contributed by atoms with Gasteiger partial charge in [0.05, 0.1) is 16.8 Å². The van der Waals surface area contributed by atoms with Crippen molar-refractivity contribution < 1.29 is 14.3 Å². The van der Waals surface area contributed by atoms with Crippen molar-refractivity contribution in [1.82, 2.24) is 0 Å². The number of benzene rings is 1. The van der Waals surface area contributed by atoms with E-state index in [2.05, 4.69) is 23.6 Å². The van der Waals surface area contributed by atoms with Crippen LogP contribution in [0, 0.1) is 29.0 Å². The first-order valence-corrected chi connectivity index (χ1v) is 5.13. The predicted molar refractivity (Wildman–Crippen MR) is 68.5 cm³/mol. The van der Waals surface area contributed by atoms with Crippen molar-refractivity contribution in [2.45, 2.75) is 0 Å². The van der Waals surface area contributed by atoms with Gasteiger partial charge in [-0.2, -0.15) is 5.26 Å². The summed E-state index contributed by atoms with van der Waals surface area (Å²) in [4.78, 5) is 14.6. The molecule has 0 radical (unpaired) electrons. The van der Waals surface area contributed by atoms with E-state index in [0.717, 1.165) is 6.07 Å². The standard InChI is InChI=1S/C14H9FN2O2/c1-17-14(12(9-19)3-2-6-18)10-4-5-11(8-16)13(15)7-10/h4-5,7,9,18H,1,6H2/b14-12-. The average Bonchev–Trinajstić information content (AvgIpc) is 2.43. The smallest absolute Gasteiger partial charge is 0.160 e. The molecule has 1 aromatic rings. The van der Waals surface area contributed by atoms with Crippen LogP contribution < -0.4 is 0 Å². The van der Waals surface area contributed by atoms with Gasteiger partial charge >= 0.3 is 0 Å². The maximum atomic E-state index is 13.5. The van der Waals surface area contributed by atoms with Gasteiger partial charge in [0.15, 0.2) is 6.29 Å². The van der Waals surface area contributed by atoms with Crippen molar-refractivity contribution in [3.63, 3.8) is 0 Å². The molecule has 0 aromatic heterocycles. The van der Waals surface area contributed by atoms with Crippen molar-refractivity contribution in [2.75, 3.05) is 6.61 Å².